The largest absolute Gasteiger partial charge is 0.341 e. The highest BCUT2D eigenvalue weighted by Gasteiger charge is 2.13. The normalized spacial score (nSPS) is 11.3. The van der Waals surface area contributed by atoms with Gasteiger partial charge in [-0.2, -0.15) is 10.4 Å². The second kappa shape index (κ2) is 8.32. The van der Waals surface area contributed by atoms with Gasteiger partial charge in [0.05, 0.1) is 18.2 Å². The van der Waals surface area contributed by atoms with Crippen molar-refractivity contribution in [1.82, 2.24) is 14.3 Å². The minimum atomic E-state index is -0.223. The number of nitriles is 1. The summed E-state index contributed by atoms with van der Waals surface area (Å²) in [5, 5.41) is 15.4. The van der Waals surface area contributed by atoms with Crippen molar-refractivity contribution < 1.29 is 4.39 Å². The Morgan fingerprint density at radius 2 is 1.59 bits per heavy atom. The molecular formula is C27H23FN4. The van der Waals surface area contributed by atoms with Crippen molar-refractivity contribution in [3.63, 3.8) is 0 Å². The summed E-state index contributed by atoms with van der Waals surface area (Å²) < 4.78 is 18.2. The zero-order valence-corrected chi connectivity index (χ0v) is 17.9. The number of benzene rings is 3. The van der Waals surface area contributed by atoms with Crippen LogP contribution >= 0.6 is 0 Å². The topological polar surface area (TPSA) is 46.5 Å². The summed E-state index contributed by atoms with van der Waals surface area (Å²) >= 11 is 0. The molecule has 0 unspecified atom stereocenters. The van der Waals surface area contributed by atoms with E-state index in [0.29, 0.717) is 6.42 Å². The number of hydrogen-bond donors (Lipinski definition) is 0. The molecule has 32 heavy (non-hydrogen) atoms. The van der Waals surface area contributed by atoms with E-state index in [-0.39, 0.29) is 5.82 Å². The highest BCUT2D eigenvalue weighted by atomic mass is 19.1. The van der Waals surface area contributed by atoms with Gasteiger partial charge in [0.15, 0.2) is 0 Å². The van der Waals surface area contributed by atoms with Gasteiger partial charge < -0.3 is 4.57 Å². The molecule has 0 spiro atoms. The molecule has 0 fully saturated rings. The second-order valence-corrected chi connectivity index (χ2v) is 7.99. The fourth-order valence-electron chi connectivity index (χ4n) is 4.48. The third-order valence-corrected chi connectivity index (χ3v) is 6.07. The van der Waals surface area contributed by atoms with Crippen LogP contribution in [0.3, 0.4) is 0 Å². The van der Waals surface area contributed by atoms with E-state index >= 15 is 0 Å². The number of rotatable bonds is 6. The van der Waals surface area contributed by atoms with Crippen molar-refractivity contribution in [1.29, 1.82) is 5.26 Å². The van der Waals surface area contributed by atoms with E-state index in [4.69, 9.17) is 5.26 Å². The Morgan fingerprint density at radius 1 is 0.875 bits per heavy atom. The molecule has 0 aliphatic heterocycles. The number of fused-ring (bicyclic) bond motifs is 3. The lowest BCUT2D eigenvalue weighted by atomic mass is 10.0. The molecule has 158 valence electrons. The Morgan fingerprint density at radius 3 is 2.34 bits per heavy atom. The first-order valence-electron chi connectivity index (χ1n) is 10.9. The van der Waals surface area contributed by atoms with E-state index in [2.05, 4.69) is 53.0 Å². The van der Waals surface area contributed by atoms with Gasteiger partial charge in [-0.3, -0.25) is 0 Å². The quantitative estimate of drug-likeness (QED) is 0.337. The molecule has 3 aromatic carbocycles. The van der Waals surface area contributed by atoms with E-state index in [1.54, 1.807) is 6.07 Å². The Hall–Kier alpha value is -3.91. The molecule has 5 rings (SSSR count). The SMILES string of the molecule is CCn1c2ccc(F)cc2c2cc(-n3nccc3CCc3ccc(CC#N)cc3)ccc21. The van der Waals surface area contributed by atoms with Crippen LogP contribution in [0.1, 0.15) is 23.7 Å². The minimum absolute atomic E-state index is 0.223. The molecule has 4 nitrogen and oxygen atoms in total. The van der Waals surface area contributed by atoms with E-state index in [1.165, 1.54) is 11.6 Å². The smallest absolute Gasteiger partial charge is 0.123 e. The van der Waals surface area contributed by atoms with Gasteiger partial charge in [0.2, 0.25) is 0 Å². The van der Waals surface area contributed by atoms with Gasteiger partial charge in [-0.25, -0.2) is 9.07 Å². The van der Waals surface area contributed by atoms with Crippen molar-refractivity contribution >= 4 is 21.8 Å². The maximum absolute atomic E-state index is 14.0. The first-order chi connectivity index (χ1) is 15.7. The molecule has 5 heteroatoms. The van der Waals surface area contributed by atoms with Crippen LogP contribution in [-0.2, 0) is 25.8 Å². The molecule has 2 aromatic heterocycles. The maximum Gasteiger partial charge on any atom is 0.123 e. The number of hydrogen-bond acceptors (Lipinski definition) is 2. The van der Waals surface area contributed by atoms with Crippen LogP contribution in [0.4, 0.5) is 4.39 Å². The summed E-state index contributed by atoms with van der Waals surface area (Å²) in [6.07, 6.45) is 4.00. The number of nitrogens with zero attached hydrogens (tertiary/aromatic N) is 4. The summed E-state index contributed by atoms with van der Waals surface area (Å²) in [5.41, 5.74) is 6.51. The third-order valence-electron chi connectivity index (χ3n) is 6.07. The summed E-state index contributed by atoms with van der Waals surface area (Å²) in [7, 11) is 0. The van der Waals surface area contributed by atoms with Crippen LogP contribution in [0, 0.1) is 17.1 Å². The van der Waals surface area contributed by atoms with Crippen molar-refractivity contribution in [2.45, 2.75) is 32.7 Å². The Labute approximate surface area is 186 Å². The first-order valence-corrected chi connectivity index (χ1v) is 10.9. The van der Waals surface area contributed by atoms with Crippen LogP contribution in [0.25, 0.3) is 27.5 Å². The van der Waals surface area contributed by atoms with E-state index in [9.17, 15) is 4.39 Å². The molecule has 0 aliphatic rings. The predicted molar refractivity (Wildman–Crippen MR) is 125 cm³/mol. The van der Waals surface area contributed by atoms with Crippen LogP contribution in [0.2, 0.25) is 0 Å². The molecule has 0 radical (unpaired) electrons. The van der Waals surface area contributed by atoms with Crippen molar-refractivity contribution in [3.8, 4) is 11.8 Å². The first kappa shape index (κ1) is 20.0. The van der Waals surface area contributed by atoms with Gasteiger partial charge >= 0.3 is 0 Å². The van der Waals surface area contributed by atoms with Gasteiger partial charge in [0.25, 0.3) is 0 Å². The Kier molecular flexibility index (Phi) is 5.20. The molecule has 0 saturated heterocycles. The van der Waals surface area contributed by atoms with E-state index in [0.717, 1.165) is 58.1 Å². The van der Waals surface area contributed by atoms with Gasteiger partial charge in [-0.05, 0) is 73.4 Å². The highest BCUT2D eigenvalue weighted by Crippen LogP contribution is 2.31. The number of aromatic nitrogens is 3. The van der Waals surface area contributed by atoms with Crippen molar-refractivity contribution in [2.24, 2.45) is 0 Å². The molecule has 0 amide bonds. The second-order valence-electron chi connectivity index (χ2n) is 7.99. The fourth-order valence-corrected chi connectivity index (χ4v) is 4.48. The average Bonchev–Trinajstić information content (AvgIpc) is 3.40. The molecule has 0 bridgehead atoms. The van der Waals surface area contributed by atoms with Gasteiger partial charge in [-0.1, -0.05) is 24.3 Å². The molecular weight excluding hydrogens is 399 g/mol. The molecule has 5 aromatic rings. The average molecular weight is 423 g/mol. The lowest BCUT2D eigenvalue weighted by Gasteiger charge is -2.09. The third kappa shape index (κ3) is 3.54. The maximum atomic E-state index is 14.0. The van der Waals surface area contributed by atoms with Crippen LogP contribution in [0.5, 0.6) is 0 Å². The van der Waals surface area contributed by atoms with Crippen molar-refractivity contribution in [2.75, 3.05) is 0 Å². The fraction of sp³-hybridized carbons (Fsp3) is 0.185. The lowest BCUT2D eigenvalue weighted by Crippen LogP contribution is -2.04. The van der Waals surface area contributed by atoms with Crippen molar-refractivity contribution in [3.05, 3.63) is 95.6 Å². The van der Waals surface area contributed by atoms with Gasteiger partial charge in [-0.15, -0.1) is 0 Å². The summed E-state index contributed by atoms with van der Waals surface area (Å²) in [6.45, 7) is 2.93. The summed E-state index contributed by atoms with van der Waals surface area (Å²) in [6, 6.07) is 23.7. The minimum Gasteiger partial charge on any atom is -0.341 e. The van der Waals surface area contributed by atoms with E-state index < -0.39 is 0 Å². The van der Waals surface area contributed by atoms with Crippen LogP contribution < -0.4 is 0 Å². The summed E-state index contributed by atoms with van der Waals surface area (Å²) in [5.74, 6) is -0.223. The lowest BCUT2D eigenvalue weighted by molar-refractivity contribution is 0.629. The molecule has 0 N–H and O–H groups in total. The molecule has 0 aliphatic carbocycles. The summed E-state index contributed by atoms with van der Waals surface area (Å²) in [4.78, 5) is 0. The predicted octanol–water partition coefficient (Wildman–Crippen LogP) is 5.99. The zero-order valence-electron chi connectivity index (χ0n) is 17.9. The Balaban J connectivity index is 1.47. The van der Waals surface area contributed by atoms with E-state index in [1.807, 2.05) is 35.1 Å². The van der Waals surface area contributed by atoms with Gasteiger partial charge in [0, 0.05) is 40.2 Å². The zero-order chi connectivity index (χ0) is 22.1. The van der Waals surface area contributed by atoms with Gasteiger partial charge in [0.1, 0.15) is 5.82 Å². The van der Waals surface area contributed by atoms with Crippen LogP contribution in [-0.4, -0.2) is 14.3 Å². The monoisotopic (exact) mass is 422 g/mol. The number of halogens is 1. The standard InChI is InChI=1S/C27H23FN4/c1-2-31-26-11-8-21(28)17-24(26)25-18-23(10-12-27(25)31)32-22(14-16-30-32)9-7-19-3-5-20(6-4-19)13-15-29/h3-6,8,10-12,14,16-18H,2,7,9,13H2,1H3. The molecule has 2 heterocycles. The molecule has 0 saturated carbocycles. The van der Waals surface area contributed by atoms with Crippen LogP contribution in [0.15, 0.2) is 72.9 Å². The highest BCUT2D eigenvalue weighted by molar-refractivity contribution is 6.08. The Bertz CT molecular complexity index is 1450. The number of aryl methyl sites for hydroxylation is 3. The molecule has 0 atom stereocenters.